The van der Waals surface area contributed by atoms with E-state index < -0.39 is 11.6 Å². The summed E-state index contributed by atoms with van der Waals surface area (Å²) in [5.41, 5.74) is 1.53. The minimum Gasteiger partial charge on any atom is -0.352 e. The fraction of sp³-hybridized carbons (Fsp3) is 0.176. The van der Waals surface area contributed by atoms with Gasteiger partial charge < -0.3 is 10.6 Å². The molecule has 4 nitrogen and oxygen atoms in total. The summed E-state index contributed by atoms with van der Waals surface area (Å²) in [6.07, 6.45) is 0.383. The number of benzene rings is 2. The molecule has 0 saturated carbocycles. The Morgan fingerprint density at radius 1 is 1.04 bits per heavy atom. The van der Waals surface area contributed by atoms with Crippen LogP contribution in [-0.2, 0) is 11.2 Å². The monoisotopic (exact) mass is 318 g/mol. The summed E-state index contributed by atoms with van der Waals surface area (Å²) >= 11 is 0. The summed E-state index contributed by atoms with van der Waals surface area (Å²) in [7, 11) is 0. The third-order valence-electron chi connectivity index (χ3n) is 3.13. The molecular weight excluding hydrogens is 302 g/mol. The minimum atomic E-state index is -0.906. The lowest BCUT2D eigenvalue weighted by molar-refractivity contribution is -0.114. The average Bonchev–Trinajstić information content (AvgIpc) is 2.50. The molecule has 0 saturated heterocycles. The van der Waals surface area contributed by atoms with Crippen LogP contribution in [0, 0.1) is 11.6 Å². The molecule has 0 heterocycles. The van der Waals surface area contributed by atoms with Gasteiger partial charge in [-0.1, -0.05) is 12.1 Å². The highest BCUT2D eigenvalue weighted by Crippen LogP contribution is 2.11. The Labute approximate surface area is 132 Å². The van der Waals surface area contributed by atoms with E-state index in [4.69, 9.17) is 0 Å². The van der Waals surface area contributed by atoms with Gasteiger partial charge in [0, 0.05) is 24.7 Å². The van der Waals surface area contributed by atoms with Crippen molar-refractivity contribution in [1.82, 2.24) is 5.32 Å². The van der Waals surface area contributed by atoms with E-state index in [0.29, 0.717) is 23.2 Å². The molecule has 2 amide bonds. The number of hydrogen-bond donors (Lipinski definition) is 2. The van der Waals surface area contributed by atoms with Gasteiger partial charge in [0.2, 0.25) is 5.91 Å². The Bertz CT molecular complexity index is 732. The van der Waals surface area contributed by atoms with Crippen molar-refractivity contribution in [3.05, 3.63) is 65.2 Å². The third kappa shape index (κ3) is 4.88. The highest BCUT2D eigenvalue weighted by Gasteiger charge is 2.07. The van der Waals surface area contributed by atoms with Crippen LogP contribution in [-0.4, -0.2) is 18.4 Å². The molecule has 2 aromatic carbocycles. The number of hydrogen-bond acceptors (Lipinski definition) is 2. The molecule has 6 heteroatoms. The van der Waals surface area contributed by atoms with Crippen molar-refractivity contribution in [3.63, 3.8) is 0 Å². The zero-order chi connectivity index (χ0) is 16.8. The molecular formula is C17H16F2N2O2. The summed E-state index contributed by atoms with van der Waals surface area (Å²) in [4.78, 5) is 23.0. The number of anilines is 1. The molecule has 0 radical (unpaired) electrons. The first-order valence-corrected chi connectivity index (χ1v) is 7.05. The molecule has 120 valence electrons. The first kappa shape index (κ1) is 16.6. The average molecular weight is 318 g/mol. The van der Waals surface area contributed by atoms with Crippen LogP contribution in [0.15, 0.2) is 42.5 Å². The number of carbonyl (C=O) groups excluding carboxylic acids is 2. The largest absolute Gasteiger partial charge is 0.352 e. The predicted octanol–water partition coefficient (Wildman–Crippen LogP) is 2.90. The minimum absolute atomic E-state index is 0.221. The standard InChI is InChI=1S/C17H16F2N2O2/c1-11(22)21-14-4-2-3-13(10-14)17(23)20-8-7-12-5-6-15(18)16(19)9-12/h2-6,9-10H,7-8H2,1H3,(H,20,23)(H,21,22). The van der Waals surface area contributed by atoms with Crippen molar-refractivity contribution < 1.29 is 18.4 Å². The lowest BCUT2D eigenvalue weighted by atomic mass is 10.1. The molecule has 2 rings (SSSR count). The fourth-order valence-corrected chi connectivity index (χ4v) is 2.06. The van der Waals surface area contributed by atoms with Crippen LogP contribution in [0.3, 0.4) is 0 Å². The number of carbonyl (C=O) groups is 2. The lowest BCUT2D eigenvalue weighted by Gasteiger charge is -2.08. The second-order valence-corrected chi connectivity index (χ2v) is 5.02. The van der Waals surface area contributed by atoms with Gasteiger partial charge in [0.1, 0.15) is 0 Å². The molecule has 0 aromatic heterocycles. The van der Waals surface area contributed by atoms with Gasteiger partial charge in [0.25, 0.3) is 5.91 Å². The van der Waals surface area contributed by atoms with Crippen LogP contribution >= 0.6 is 0 Å². The van der Waals surface area contributed by atoms with E-state index in [0.717, 1.165) is 12.1 Å². The first-order valence-electron chi connectivity index (χ1n) is 7.05. The zero-order valence-corrected chi connectivity index (χ0v) is 12.5. The van der Waals surface area contributed by atoms with Crippen molar-refractivity contribution in [3.8, 4) is 0 Å². The van der Waals surface area contributed by atoms with Crippen LogP contribution in [0.2, 0.25) is 0 Å². The second-order valence-electron chi connectivity index (χ2n) is 5.02. The molecule has 0 aliphatic rings. The zero-order valence-electron chi connectivity index (χ0n) is 12.5. The Balaban J connectivity index is 1.91. The maximum atomic E-state index is 13.1. The summed E-state index contributed by atoms with van der Waals surface area (Å²) in [5, 5.41) is 5.29. The topological polar surface area (TPSA) is 58.2 Å². The van der Waals surface area contributed by atoms with E-state index >= 15 is 0 Å². The molecule has 0 bridgehead atoms. The molecule has 0 aliphatic carbocycles. The van der Waals surface area contributed by atoms with Crippen molar-refractivity contribution in [2.45, 2.75) is 13.3 Å². The van der Waals surface area contributed by atoms with E-state index in [9.17, 15) is 18.4 Å². The Morgan fingerprint density at radius 2 is 1.83 bits per heavy atom. The quantitative estimate of drug-likeness (QED) is 0.890. The molecule has 2 N–H and O–H groups in total. The molecule has 0 atom stereocenters. The predicted molar refractivity (Wildman–Crippen MR) is 83.1 cm³/mol. The normalized spacial score (nSPS) is 10.2. The second kappa shape index (κ2) is 7.49. The molecule has 0 fully saturated rings. The van der Waals surface area contributed by atoms with E-state index in [-0.39, 0.29) is 18.4 Å². The van der Waals surface area contributed by atoms with Gasteiger partial charge in [0.05, 0.1) is 0 Å². The Kier molecular flexibility index (Phi) is 5.41. The van der Waals surface area contributed by atoms with Crippen LogP contribution < -0.4 is 10.6 Å². The number of halogens is 2. The van der Waals surface area contributed by atoms with Crippen molar-refractivity contribution in [2.24, 2.45) is 0 Å². The van der Waals surface area contributed by atoms with Gasteiger partial charge >= 0.3 is 0 Å². The van der Waals surface area contributed by atoms with Gasteiger partial charge in [-0.2, -0.15) is 0 Å². The highest BCUT2D eigenvalue weighted by molar-refractivity contribution is 5.96. The third-order valence-corrected chi connectivity index (χ3v) is 3.13. The van der Waals surface area contributed by atoms with Crippen LogP contribution in [0.4, 0.5) is 14.5 Å². The SMILES string of the molecule is CC(=O)Nc1cccc(C(=O)NCCc2ccc(F)c(F)c2)c1. The Morgan fingerprint density at radius 3 is 2.52 bits per heavy atom. The van der Waals surface area contributed by atoms with Gasteiger partial charge in [-0.25, -0.2) is 8.78 Å². The fourth-order valence-electron chi connectivity index (χ4n) is 2.06. The number of rotatable bonds is 5. The van der Waals surface area contributed by atoms with Crippen LogP contribution in [0.5, 0.6) is 0 Å². The van der Waals surface area contributed by atoms with Gasteiger partial charge in [-0.3, -0.25) is 9.59 Å². The maximum Gasteiger partial charge on any atom is 0.251 e. The molecule has 0 aliphatic heterocycles. The van der Waals surface area contributed by atoms with E-state index in [1.807, 2.05) is 0 Å². The molecule has 0 unspecified atom stereocenters. The van der Waals surface area contributed by atoms with Gasteiger partial charge in [-0.15, -0.1) is 0 Å². The summed E-state index contributed by atoms with van der Waals surface area (Å²) < 4.78 is 25.9. The van der Waals surface area contributed by atoms with E-state index in [1.54, 1.807) is 24.3 Å². The summed E-state index contributed by atoms with van der Waals surface area (Å²) in [6, 6.07) is 10.2. The van der Waals surface area contributed by atoms with Crippen molar-refractivity contribution in [2.75, 3.05) is 11.9 Å². The Hall–Kier alpha value is -2.76. The van der Waals surface area contributed by atoms with Gasteiger partial charge in [-0.05, 0) is 42.3 Å². The molecule has 0 spiro atoms. The van der Waals surface area contributed by atoms with Crippen LogP contribution in [0.1, 0.15) is 22.8 Å². The van der Waals surface area contributed by atoms with Crippen LogP contribution in [0.25, 0.3) is 0 Å². The molecule has 23 heavy (non-hydrogen) atoms. The highest BCUT2D eigenvalue weighted by atomic mass is 19.2. The van der Waals surface area contributed by atoms with Gasteiger partial charge in [0.15, 0.2) is 11.6 Å². The van der Waals surface area contributed by atoms with Crippen molar-refractivity contribution in [1.29, 1.82) is 0 Å². The van der Waals surface area contributed by atoms with E-state index in [1.165, 1.54) is 13.0 Å². The van der Waals surface area contributed by atoms with E-state index in [2.05, 4.69) is 10.6 Å². The maximum absolute atomic E-state index is 13.1. The summed E-state index contributed by atoms with van der Waals surface area (Å²) in [5.74, 6) is -2.33. The first-order chi connectivity index (χ1) is 11.0. The molecule has 2 aromatic rings. The van der Waals surface area contributed by atoms with Crippen molar-refractivity contribution >= 4 is 17.5 Å². The smallest absolute Gasteiger partial charge is 0.251 e. The summed E-state index contributed by atoms with van der Waals surface area (Å²) in [6.45, 7) is 1.67. The number of amides is 2. The number of nitrogens with one attached hydrogen (secondary N) is 2. The lowest BCUT2D eigenvalue weighted by Crippen LogP contribution is -2.25.